The highest BCUT2D eigenvalue weighted by Crippen LogP contribution is 2.34. The molecule has 1 aromatic carbocycles. The number of fused-ring (bicyclic) bond motifs is 1. The van der Waals surface area contributed by atoms with Gasteiger partial charge in [-0.25, -0.2) is 0 Å². The first-order valence-electron chi connectivity index (χ1n) is 3.94. The van der Waals surface area contributed by atoms with Gasteiger partial charge < -0.3 is 4.74 Å². The topological polar surface area (TPSA) is 9.23 Å². The molecule has 0 unspecified atom stereocenters. The molecule has 0 saturated carbocycles. The van der Waals surface area contributed by atoms with Gasteiger partial charge in [-0.1, -0.05) is 11.3 Å². The molecule has 1 nitrogen and oxygen atoms in total. The van der Waals surface area contributed by atoms with Crippen LogP contribution in [0.15, 0.2) is 18.2 Å². The van der Waals surface area contributed by atoms with Gasteiger partial charge in [-0.15, -0.1) is 0 Å². The fourth-order valence-corrected chi connectivity index (χ4v) is 3.33. The summed E-state index contributed by atoms with van der Waals surface area (Å²) in [5.74, 6) is 0. The summed E-state index contributed by atoms with van der Waals surface area (Å²) in [5.41, 5.74) is 1.32. The van der Waals surface area contributed by atoms with Crippen LogP contribution in [-0.2, 0) is 0 Å². The highest BCUT2D eigenvalue weighted by atomic mass is 127. The maximum Gasteiger partial charge on any atom is 0.174 e. The normalized spacial score (nSPS) is 10.7. The number of ether oxygens (including phenoxy) is 1. The van der Waals surface area contributed by atoms with Crippen molar-refractivity contribution in [1.29, 1.82) is 0 Å². The lowest BCUT2D eigenvalue weighted by molar-refractivity contribution is 0.427. The van der Waals surface area contributed by atoms with Crippen molar-refractivity contribution in [2.45, 2.75) is 6.92 Å². The van der Waals surface area contributed by atoms with E-state index in [1.807, 2.05) is 0 Å². The van der Waals surface area contributed by atoms with Gasteiger partial charge in [-0.3, -0.25) is 0 Å². The Morgan fingerprint density at radius 3 is 2.77 bits per heavy atom. The molecule has 0 aliphatic rings. The number of hydrogen-bond donors (Lipinski definition) is 0. The lowest BCUT2D eigenvalue weighted by atomic mass is 10.2. The van der Waals surface area contributed by atoms with Gasteiger partial charge in [0.1, 0.15) is 0 Å². The maximum atomic E-state index is 5.21. The van der Waals surface area contributed by atoms with E-state index < -0.39 is 0 Å². The lowest BCUT2D eigenvalue weighted by Gasteiger charge is -1.95. The molecule has 0 fully saturated rings. The summed E-state index contributed by atoms with van der Waals surface area (Å²) in [5, 5.41) is 2.29. The molecular weight excluding hydrogens is 295 g/mol. The van der Waals surface area contributed by atoms with E-state index in [0.29, 0.717) is 0 Å². The smallest absolute Gasteiger partial charge is 0.174 e. The zero-order chi connectivity index (χ0) is 9.42. The van der Waals surface area contributed by atoms with E-state index in [0.717, 1.165) is 5.06 Å². The van der Waals surface area contributed by atoms with E-state index >= 15 is 0 Å². The summed E-state index contributed by atoms with van der Waals surface area (Å²) in [6.45, 7) is 2.14. The molecule has 0 saturated heterocycles. The first kappa shape index (κ1) is 9.27. The summed E-state index contributed by atoms with van der Waals surface area (Å²) in [7, 11) is 1.71. The number of aryl methyl sites for hydroxylation is 1. The number of hydrogen-bond acceptors (Lipinski definition) is 2. The van der Waals surface area contributed by atoms with Crippen molar-refractivity contribution in [3.8, 4) is 5.06 Å². The molecule has 0 N–H and O–H groups in total. The molecule has 68 valence electrons. The highest BCUT2D eigenvalue weighted by Gasteiger charge is 2.04. The molecule has 2 aromatic rings. The number of rotatable bonds is 1. The Balaban J connectivity index is 2.75. The second-order valence-electron chi connectivity index (χ2n) is 2.90. The van der Waals surface area contributed by atoms with Crippen LogP contribution in [0.25, 0.3) is 10.1 Å². The fourth-order valence-electron chi connectivity index (χ4n) is 1.35. The van der Waals surface area contributed by atoms with E-state index in [1.54, 1.807) is 18.4 Å². The second kappa shape index (κ2) is 3.46. The summed E-state index contributed by atoms with van der Waals surface area (Å²) < 4.78 is 7.80. The number of thiophene rings is 1. The van der Waals surface area contributed by atoms with Crippen LogP contribution in [0.3, 0.4) is 0 Å². The highest BCUT2D eigenvalue weighted by molar-refractivity contribution is 14.1. The minimum absolute atomic E-state index is 0.986. The molecule has 3 heteroatoms. The Morgan fingerprint density at radius 2 is 2.08 bits per heavy atom. The van der Waals surface area contributed by atoms with E-state index in [2.05, 4.69) is 47.7 Å². The summed E-state index contributed by atoms with van der Waals surface area (Å²) in [6, 6.07) is 6.48. The third-order valence-electron chi connectivity index (χ3n) is 1.99. The van der Waals surface area contributed by atoms with Crippen molar-refractivity contribution in [1.82, 2.24) is 0 Å². The Hall–Kier alpha value is -0.290. The van der Waals surface area contributed by atoms with Crippen LogP contribution in [0.1, 0.15) is 5.56 Å². The number of halogens is 1. The minimum Gasteiger partial charge on any atom is -0.487 e. The molecule has 13 heavy (non-hydrogen) atoms. The van der Waals surface area contributed by atoms with Crippen LogP contribution in [0, 0.1) is 10.5 Å². The summed E-state index contributed by atoms with van der Waals surface area (Å²) in [6.07, 6.45) is 0. The summed E-state index contributed by atoms with van der Waals surface area (Å²) in [4.78, 5) is 0. The van der Waals surface area contributed by atoms with E-state index in [9.17, 15) is 0 Å². The van der Waals surface area contributed by atoms with Crippen LogP contribution < -0.4 is 4.74 Å². The van der Waals surface area contributed by atoms with Crippen LogP contribution in [0.4, 0.5) is 0 Å². The Bertz CT molecular complexity index is 447. The molecule has 0 bridgehead atoms. The Kier molecular flexibility index (Phi) is 2.47. The largest absolute Gasteiger partial charge is 0.487 e. The average Bonchev–Trinajstić information content (AvgIpc) is 2.47. The molecule has 0 atom stereocenters. The molecule has 0 amide bonds. The predicted molar refractivity (Wildman–Crippen MR) is 65.8 cm³/mol. The summed E-state index contributed by atoms with van der Waals surface area (Å²) >= 11 is 4.04. The van der Waals surface area contributed by atoms with Crippen LogP contribution in [-0.4, -0.2) is 7.11 Å². The molecule has 0 aliphatic heterocycles. The van der Waals surface area contributed by atoms with Gasteiger partial charge >= 0.3 is 0 Å². The van der Waals surface area contributed by atoms with Gasteiger partial charge in [0, 0.05) is 8.27 Å². The third kappa shape index (κ3) is 1.67. The average molecular weight is 304 g/mol. The van der Waals surface area contributed by atoms with Crippen molar-refractivity contribution in [2.75, 3.05) is 7.11 Å². The first-order valence-corrected chi connectivity index (χ1v) is 5.84. The number of benzene rings is 1. The van der Waals surface area contributed by atoms with Gasteiger partial charge in [0.15, 0.2) is 5.06 Å². The van der Waals surface area contributed by atoms with Crippen molar-refractivity contribution < 1.29 is 4.74 Å². The van der Waals surface area contributed by atoms with Gasteiger partial charge in [0.05, 0.1) is 7.11 Å². The van der Waals surface area contributed by atoms with Crippen LogP contribution >= 0.6 is 33.9 Å². The second-order valence-corrected chi connectivity index (χ2v) is 5.20. The molecule has 0 aliphatic carbocycles. The first-order chi connectivity index (χ1) is 6.20. The fraction of sp³-hybridized carbons (Fsp3) is 0.200. The van der Waals surface area contributed by atoms with E-state index in [1.165, 1.54) is 19.2 Å². The zero-order valence-corrected chi connectivity index (χ0v) is 10.4. The van der Waals surface area contributed by atoms with Crippen LogP contribution in [0.2, 0.25) is 0 Å². The van der Waals surface area contributed by atoms with Gasteiger partial charge in [0.2, 0.25) is 0 Å². The molecule has 1 aromatic heterocycles. The van der Waals surface area contributed by atoms with Gasteiger partial charge in [-0.05, 0) is 58.7 Å². The van der Waals surface area contributed by atoms with Gasteiger partial charge in [0.25, 0.3) is 0 Å². The van der Waals surface area contributed by atoms with Crippen molar-refractivity contribution in [3.05, 3.63) is 27.3 Å². The molecule has 0 spiro atoms. The molecule has 0 radical (unpaired) electrons. The minimum atomic E-state index is 0.986. The van der Waals surface area contributed by atoms with Crippen molar-refractivity contribution in [3.63, 3.8) is 0 Å². The van der Waals surface area contributed by atoms with E-state index in [-0.39, 0.29) is 0 Å². The lowest BCUT2D eigenvalue weighted by Crippen LogP contribution is -1.76. The Morgan fingerprint density at radius 1 is 1.31 bits per heavy atom. The monoisotopic (exact) mass is 304 g/mol. The third-order valence-corrected chi connectivity index (χ3v) is 3.65. The van der Waals surface area contributed by atoms with Crippen LogP contribution in [0.5, 0.6) is 5.06 Å². The maximum absolute atomic E-state index is 5.21. The molecule has 1 heterocycles. The van der Waals surface area contributed by atoms with Gasteiger partial charge in [-0.2, -0.15) is 0 Å². The molecular formula is C10H9IOS. The number of methoxy groups -OCH3 is 1. The van der Waals surface area contributed by atoms with Crippen molar-refractivity contribution >= 4 is 44.0 Å². The zero-order valence-electron chi connectivity index (χ0n) is 7.43. The quantitative estimate of drug-likeness (QED) is 0.728. The Labute approximate surface area is 94.9 Å². The standard InChI is InChI=1S/C10H9IOS/c1-6-3-7(11)4-9-8(6)5-10(12-2)13-9/h3-5H,1-2H3. The predicted octanol–water partition coefficient (Wildman–Crippen LogP) is 3.82. The SMILES string of the molecule is COc1cc2c(C)cc(I)cc2s1. The van der Waals surface area contributed by atoms with E-state index in [4.69, 9.17) is 4.74 Å². The van der Waals surface area contributed by atoms with Crippen molar-refractivity contribution in [2.24, 2.45) is 0 Å². The molecule has 2 rings (SSSR count).